The molecule has 0 saturated carbocycles. The lowest BCUT2D eigenvalue weighted by Gasteiger charge is -2.16. The number of benzene rings is 1. The van der Waals surface area contributed by atoms with E-state index in [-0.39, 0.29) is 6.04 Å². The van der Waals surface area contributed by atoms with Crippen LogP contribution in [0.15, 0.2) is 30.9 Å². The van der Waals surface area contributed by atoms with Gasteiger partial charge in [-0.15, -0.1) is 6.58 Å². The van der Waals surface area contributed by atoms with Gasteiger partial charge < -0.3 is 14.8 Å². The van der Waals surface area contributed by atoms with Crippen molar-refractivity contribution in [3.63, 3.8) is 0 Å². The van der Waals surface area contributed by atoms with Crippen LogP contribution in [0.5, 0.6) is 11.5 Å². The van der Waals surface area contributed by atoms with Crippen LogP contribution >= 0.6 is 0 Å². The smallest absolute Gasteiger partial charge is 0.161 e. The second-order valence-electron chi connectivity index (χ2n) is 3.39. The highest BCUT2D eigenvalue weighted by atomic mass is 16.5. The highest BCUT2D eigenvalue weighted by Crippen LogP contribution is 2.30. The molecule has 0 aromatic heterocycles. The Balaban J connectivity index is 3.00. The third-order valence-electron chi connectivity index (χ3n) is 2.43. The summed E-state index contributed by atoms with van der Waals surface area (Å²) in [6.07, 6.45) is 1.88. The quantitative estimate of drug-likeness (QED) is 0.749. The predicted octanol–water partition coefficient (Wildman–Crippen LogP) is 2.54. The minimum atomic E-state index is 0.143. The predicted molar refractivity (Wildman–Crippen MR) is 66.2 cm³/mol. The van der Waals surface area contributed by atoms with E-state index >= 15 is 0 Å². The summed E-state index contributed by atoms with van der Waals surface area (Å²) in [5, 5.41) is 3.32. The molecule has 88 valence electrons. The van der Waals surface area contributed by atoms with E-state index in [0.717, 1.165) is 23.6 Å². The maximum absolute atomic E-state index is 5.26. The van der Waals surface area contributed by atoms with E-state index in [1.165, 1.54) is 0 Å². The van der Waals surface area contributed by atoms with Crippen molar-refractivity contribution in [2.45, 2.75) is 13.0 Å². The molecule has 0 amide bonds. The molecule has 3 nitrogen and oxygen atoms in total. The molecule has 0 radical (unpaired) electrons. The molecule has 1 aromatic rings. The summed E-state index contributed by atoms with van der Waals surface area (Å²) < 4.78 is 10.5. The van der Waals surface area contributed by atoms with Crippen LogP contribution < -0.4 is 14.8 Å². The number of hydrogen-bond acceptors (Lipinski definition) is 3. The molecule has 0 aliphatic rings. The van der Waals surface area contributed by atoms with Gasteiger partial charge in [0.2, 0.25) is 0 Å². The van der Waals surface area contributed by atoms with Crippen LogP contribution in [0.25, 0.3) is 0 Å². The first-order chi connectivity index (χ1) is 7.76. The summed E-state index contributed by atoms with van der Waals surface area (Å²) in [4.78, 5) is 0. The van der Waals surface area contributed by atoms with Crippen LogP contribution in [0.1, 0.15) is 18.5 Å². The molecule has 0 fully saturated rings. The molecule has 0 heterocycles. The molecule has 0 aliphatic carbocycles. The molecule has 3 heteroatoms. The van der Waals surface area contributed by atoms with Crippen molar-refractivity contribution < 1.29 is 9.47 Å². The molecule has 0 bridgehead atoms. The maximum Gasteiger partial charge on any atom is 0.161 e. The lowest BCUT2D eigenvalue weighted by atomic mass is 10.1. The van der Waals surface area contributed by atoms with Crippen LogP contribution in [0.4, 0.5) is 0 Å². The van der Waals surface area contributed by atoms with E-state index in [4.69, 9.17) is 9.47 Å². The molecule has 0 saturated heterocycles. The lowest BCUT2D eigenvalue weighted by molar-refractivity contribution is 0.354. The van der Waals surface area contributed by atoms with Crippen molar-refractivity contribution in [3.8, 4) is 11.5 Å². The number of likely N-dealkylation sites (N-methyl/N-ethyl adjacent to an activating group) is 1. The second kappa shape index (κ2) is 6.18. The minimum absolute atomic E-state index is 0.143. The third kappa shape index (κ3) is 2.76. The molecule has 0 aliphatic heterocycles. The van der Waals surface area contributed by atoms with Crippen molar-refractivity contribution in [2.75, 3.05) is 20.8 Å². The van der Waals surface area contributed by atoms with Crippen LogP contribution in [0, 0.1) is 0 Å². The Hall–Kier alpha value is -1.48. The summed E-state index contributed by atoms with van der Waals surface area (Å²) in [6, 6.07) is 6.02. The summed E-state index contributed by atoms with van der Waals surface area (Å²) in [6.45, 7) is 6.78. The van der Waals surface area contributed by atoms with Crippen LogP contribution in [0.2, 0.25) is 0 Å². The Labute approximate surface area is 97.1 Å². The average molecular weight is 221 g/mol. The Morgan fingerprint density at radius 1 is 1.31 bits per heavy atom. The fourth-order valence-corrected chi connectivity index (χ4v) is 1.60. The Kier molecular flexibility index (Phi) is 4.86. The highest BCUT2D eigenvalue weighted by molar-refractivity contribution is 5.44. The van der Waals surface area contributed by atoms with E-state index in [0.29, 0.717) is 0 Å². The van der Waals surface area contributed by atoms with Crippen LogP contribution in [-0.2, 0) is 0 Å². The molecule has 1 atom stereocenters. The summed E-state index contributed by atoms with van der Waals surface area (Å²) in [7, 11) is 3.27. The second-order valence-corrected chi connectivity index (χ2v) is 3.39. The van der Waals surface area contributed by atoms with Gasteiger partial charge in [0.1, 0.15) is 0 Å². The Morgan fingerprint density at radius 3 is 2.50 bits per heavy atom. The number of hydrogen-bond donors (Lipinski definition) is 1. The Bertz CT molecular complexity index is 350. The zero-order valence-corrected chi connectivity index (χ0v) is 10.1. The molecule has 1 N–H and O–H groups in total. The van der Waals surface area contributed by atoms with Crippen LogP contribution in [0.3, 0.4) is 0 Å². The number of ether oxygens (including phenoxy) is 2. The molecule has 0 spiro atoms. The number of rotatable bonds is 6. The largest absolute Gasteiger partial charge is 0.493 e. The monoisotopic (exact) mass is 221 g/mol. The SMILES string of the molecule is C=CC(NCC)c1ccc(OC)c(OC)c1. The summed E-state index contributed by atoms with van der Waals surface area (Å²) in [5.74, 6) is 1.48. The average Bonchev–Trinajstić information content (AvgIpc) is 2.35. The molecule has 1 rings (SSSR count). The first-order valence-electron chi connectivity index (χ1n) is 5.34. The lowest BCUT2D eigenvalue weighted by Crippen LogP contribution is -2.18. The highest BCUT2D eigenvalue weighted by Gasteiger charge is 2.10. The first-order valence-corrected chi connectivity index (χ1v) is 5.34. The normalized spacial score (nSPS) is 11.9. The van der Waals surface area contributed by atoms with Crippen LogP contribution in [-0.4, -0.2) is 20.8 Å². The summed E-state index contributed by atoms with van der Waals surface area (Å²) >= 11 is 0. The molecule has 16 heavy (non-hydrogen) atoms. The van der Waals surface area contributed by atoms with Gasteiger partial charge in [-0.3, -0.25) is 0 Å². The minimum Gasteiger partial charge on any atom is -0.493 e. The number of methoxy groups -OCH3 is 2. The van der Waals surface area contributed by atoms with E-state index in [1.54, 1.807) is 14.2 Å². The van der Waals surface area contributed by atoms with E-state index < -0.39 is 0 Å². The van der Waals surface area contributed by atoms with E-state index in [1.807, 2.05) is 24.3 Å². The van der Waals surface area contributed by atoms with Crippen molar-refractivity contribution in [3.05, 3.63) is 36.4 Å². The molecule has 1 aromatic carbocycles. The molecular weight excluding hydrogens is 202 g/mol. The van der Waals surface area contributed by atoms with Crippen molar-refractivity contribution in [1.82, 2.24) is 5.32 Å². The molecule has 1 unspecified atom stereocenters. The van der Waals surface area contributed by atoms with Gasteiger partial charge in [0.15, 0.2) is 11.5 Å². The van der Waals surface area contributed by atoms with Gasteiger partial charge in [-0.1, -0.05) is 19.1 Å². The van der Waals surface area contributed by atoms with Crippen molar-refractivity contribution in [1.29, 1.82) is 0 Å². The van der Waals surface area contributed by atoms with Crippen molar-refractivity contribution in [2.24, 2.45) is 0 Å². The Morgan fingerprint density at radius 2 is 2.00 bits per heavy atom. The topological polar surface area (TPSA) is 30.5 Å². The molecular formula is C13H19NO2. The van der Waals surface area contributed by atoms with Gasteiger partial charge in [0.05, 0.1) is 20.3 Å². The fraction of sp³-hybridized carbons (Fsp3) is 0.385. The van der Waals surface area contributed by atoms with Crippen molar-refractivity contribution >= 4 is 0 Å². The first kappa shape index (κ1) is 12.6. The van der Waals surface area contributed by atoms with E-state index in [2.05, 4.69) is 18.8 Å². The van der Waals surface area contributed by atoms with Gasteiger partial charge in [-0.25, -0.2) is 0 Å². The fourth-order valence-electron chi connectivity index (χ4n) is 1.60. The third-order valence-corrected chi connectivity index (χ3v) is 2.43. The number of nitrogens with one attached hydrogen (secondary N) is 1. The zero-order valence-electron chi connectivity index (χ0n) is 10.1. The van der Waals surface area contributed by atoms with E-state index in [9.17, 15) is 0 Å². The van der Waals surface area contributed by atoms with Gasteiger partial charge in [0.25, 0.3) is 0 Å². The van der Waals surface area contributed by atoms with Gasteiger partial charge in [-0.2, -0.15) is 0 Å². The maximum atomic E-state index is 5.26. The zero-order chi connectivity index (χ0) is 12.0. The standard InChI is InChI=1S/C13H19NO2/c1-5-11(14-6-2)10-7-8-12(15-3)13(9-10)16-4/h5,7-9,11,14H,1,6H2,2-4H3. The van der Waals surface area contributed by atoms with Gasteiger partial charge in [0, 0.05) is 0 Å². The summed E-state index contributed by atoms with van der Waals surface area (Å²) in [5.41, 5.74) is 1.12. The van der Waals surface area contributed by atoms with Gasteiger partial charge >= 0.3 is 0 Å². The van der Waals surface area contributed by atoms with Gasteiger partial charge in [-0.05, 0) is 24.2 Å².